The number of carbonyl (C=O) groups is 4. The minimum Gasteiger partial charge on any atom is -0.476 e. The largest absolute Gasteiger partial charge is 0.476 e. The Bertz CT molecular complexity index is 1250. The molecule has 250 valence electrons. The second-order valence-electron chi connectivity index (χ2n) is 14.5. The lowest BCUT2D eigenvalue weighted by Gasteiger charge is -2.40. The third kappa shape index (κ3) is 8.68. The maximum Gasteiger partial charge on any atom is 0.410 e. The average Bonchev–Trinajstić information content (AvgIpc) is 3.79. The molecule has 11 heteroatoms. The molecular formula is C34H52N4O7. The van der Waals surface area contributed by atoms with Gasteiger partial charge in [-0.25, -0.2) is 4.79 Å². The summed E-state index contributed by atoms with van der Waals surface area (Å²) >= 11 is 0. The second-order valence-corrected chi connectivity index (χ2v) is 14.5. The highest BCUT2D eigenvalue weighted by atomic mass is 16.6. The number of piperidine rings is 1. The second kappa shape index (κ2) is 14.0. The average molecular weight is 629 g/mol. The highest BCUT2D eigenvalue weighted by Gasteiger charge is 2.45. The van der Waals surface area contributed by atoms with Crippen LogP contribution in [-0.4, -0.2) is 85.9 Å². The van der Waals surface area contributed by atoms with E-state index in [1.54, 1.807) is 51.5 Å². The van der Waals surface area contributed by atoms with Crippen LogP contribution in [0.25, 0.3) is 0 Å². The van der Waals surface area contributed by atoms with E-state index in [2.05, 4.69) is 19.2 Å². The van der Waals surface area contributed by atoms with Crippen LogP contribution in [0.5, 0.6) is 5.75 Å². The zero-order valence-corrected chi connectivity index (χ0v) is 28.3. The summed E-state index contributed by atoms with van der Waals surface area (Å²) in [6, 6.07) is 5.54. The molecule has 0 aromatic heterocycles. The first-order chi connectivity index (χ1) is 21.1. The third-order valence-corrected chi connectivity index (χ3v) is 8.36. The zero-order chi connectivity index (χ0) is 33.1. The van der Waals surface area contributed by atoms with E-state index in [-0.39, 0.29) is 36.9 Å². The number of methoxy groups -OCH3 is 1. The van der Waals surface area contributed by atoms with Gasteiger partial charge in [-0.1, -0.05) is 13.8 Å². The minimum absolute atomic E-state index is 0.00404. The molecule has 0 radical (unpaired) electrons. The van der Waals surface area contributed by atoms with Crippen LogP contribution >= 0.6 is 0 Å². The topological polar surface area (TPSA) is 118 Å². The SMILES string of the molecule is COCCCN1C(=O)C(C)(C)Oc2ccc(N(C(=O)[C@H]3C[C@@H](C(=O)NCCC(C)C)CN(C(=O)OC(C)(C)C)C3)C3CC3)cc21. The standard InChI is InChI=1S/C34H52N4O7/c1-22(2)14-15-35-29(39)23-18-24(21-36(20-23)32(42)45-33(3,4)5)30(40)38(25-10-11-25)26-12-13-28-27(19-26)37(16-9-17-43-8)31(41)34(6,7)44-28/h12-13,19,22-25H,9-11,14-18,20-21H2,1-8H3,(H,35,39)/t23-,24+/m1/s1. The van der Waals surface area contributed by atoms with E-state index in [0.29, 0.717) is 55.6 Å². The van der Waals surface area contributed by atoms with Crippen LogP contribution < -0.4 is 19.9 Å². The highest BCUT2D eigenvalue weighted by molar-refractivity contribution is 6.04. The maximum atomic E-state index is 14.4. The van der Waals surface area contributed by atoms with Crippen molar-refractivity contribution in [3.63, 3.8) is 0 Å². The molecule has 1 aromatic rings. The summed E-state index contributed by atoms with van der Waals surface area (Å²) in [6.07, 6.45) is 3.00. The summed E-state index contributed by atoms with van der Waals surface area (Å²) in [6.45, 7) is 15.0. The van der Waals surface area contributed by atoms with Gasteiger partial charge in [0.15, 0.2) is 5.60 Å². The van der Waals surface area contributed by atoms with E-state index < -0.39 is 29.1 Å². The molecule has 1 aromatic carbocycles. The van der Waals surface area contributed by atoms with Gasteiger partial charge in [-0.2, -0.15) is 0 Å². The summed E-state index contributed by atoms with van der Waals surface area (Å²) in [5.41, 5.74) is -0.449. The Labute approximate surface area is 267 Å². The number of hydrogen-bond acceptors (Lipinski definition) is 7. The maximum absolute atomic E-state index is 14.4. The number of amides is 4. The molecule has 1 saturated carbocycles. The van der Waals surface area contributed by atoms with Crippen molar-refractivity contribution in [3.05, 3.63) is 18.2 Å². The predicted octanol–water partition coefficient (Wildman–Crippen LogP) is 4.76. The molecule has 2 atom stereocenters. The molecular weight excluding hydrogens is 576 g/mol. The number of hydrogen-bond donors (Lipinski definition) is 1. The van der Waals surface area contributed by atoms with Gasteiger partial charge in [0, 0.05) is 51.6 Å². The number of rotatable bonds is 11. The molecule has 3 aliphatic rings. The van der Waals surface area contributed by atoms with Crippen molar-refractivity contribution in [3.8, 4) is 5.75 Å². The van der Waals surface area contributed by atoms with Gasteiger partial charge in [-0.05, 0) is 90.8 Å². The summed E-state index contributed by atoms with van der Waals surface area (Å²) < 4.78 is 17.0. The van der Waals surface area contributed by atoms with Gasteiger partial charge in [-0.15, -0.1) is 0 Å². The highest BCUT2D eigenvalue weighted by Crippen LogP contribution is 2.43. The molecule has 0 unspecified atom stereocenters. The van der Waals surface area contributed by atoms with Crippen molar-refractivity contribution >= 4 is 35.2 Å². The van der Waals surface area contributed by atoms with Crippen LogP contribution in [0.4, 0.5) is 16.2 Å². The van der Waals surface area contributed by atoms with E-state index in [9.17, 15) is 19.2 Å². The third-order valence-electron chi connectivity index (χ3n) is 8.36. The van der Waals surface area contributed by atoms with Gasteiger partial charge in [0.1, 0.15) is 11.4 Å². The van der Waals surface area contributed by atoms with E-state index in [4.69, 9.17) is 14.2 Å². The van der Waals surface area contributed by atoms with Gasteiger partial charge in [0.05, 0.1) is 17.5 Å². The minimum atomic E-state index is -1.02. The fourth-order valence-electron chi connectivity index (χ4n) is 5.91. The van der Waals surface area contributed by atoms with Crippen molar-refractivity contribution in [1.29, 1.82) is 0 Å². The molecule has 1 N–H and O–H groups in total. The van der Waals surface area contributed by atoms with E-state index in [1.165, 1.54) is 4.90 Å². The number of benzene rings is 1. The Morgan fingerprint density at radius 3 is 2.44 bits per heavy atom. The number of nitrogens with one attached hydrogen (secondary N) is 1. The number of ether oxygens (including phenoxy) is 3. The number of fused-ring (bicyclic) bond motifs is 1. The molecule has 1 saturated heterocycles. The summed E-state index contributed by atoms with van der Waals surface area (Å²) in [7, 11) is 1.63. The van der Waals surface area contributed by atoms with Crippen LogP contribution in [-0.2, 0) is 23.9 Å². The zero-order valence-electron chi connectivity index (χ0n) is 28.3. The van der Waals surface area contributed by atoms with Crippen molar-refractivity contribution in [2.75, 3.05) is 49.7 Å². The molecule has 2 fully saturated rings. The summed E-state index contributed by atoms with van der Waals surface area (Å²) in [5.74, 6) is -0.566. The van der Waals surface area contributed by atoms with Crippen LogP contribution in [0, 0.1) is 17.8 Å². The lowest BCUT2D eigenvalue weighted by atomic mass is 9.87. The fraction of sp³-hybridized carbons (Fsp3) is 0.706. The lowest BCUT2D eigenvalue weighted by Crippen LogP contribution is -2.54. The normalized spacial score (nSPS) is 21.2. The lowest BCUT2D eigenvalue weighted by molar-refractivity contribution is -0.133. The van der Waals surface area contributed by atoms with Gasteiger partial charge in [-0.3, -0.25) is 14.4 Å². The van der Waals surface area contributed by atoms with Crippen molar-refractivity contribution in [2.45, 2.75) is 97.8 Å². The first-order valence-electron chi connectivity index (χ1n) is 16.3. The number of anilines is 2. The van der Waals surface area contributed by atoms with Crippen LogP contribution in [0.15, 0.2) is 18.2 Å². The van der Waals surface area contributed by atoms with Crippen molar-refractivity contribution < 1.29 is 33.4 Å². The molecule has 1 aliphatic carbocycles. The predicted molar refractivity (Wildman–Crippen MR) is 172 cm³/mol. The van der Waals surface area contributed by atoms with Gasteiger partial charge in [0.2, 0.25) is 11.8 Å². The van der Waals surface area contributed by atoms with E-state index in [0.717, 1.165) is 19.3 Å². The Morgan fingerprint density at radius 2 is 1.82 bits per heavy atom. The quantitative estimate of drug-likeness (QED) is 0.351. The molecule has 0 bridgehead atoms. The summed E-state index contributed by atoms with van der Waals surface area (Å²) in [5, 5.41) is 3.01. The van der Waals surface area contributed by atoms with Gasteiger partial charge in [0.25, 0.3) is 5.91 Å². The van der Waals surface area contributed by atoms with Crippen molar-refractivity contribution in [1.82, 2.24) is 10.2 Å². The smallest absolute Gasteiger partial charge is 0.410 e. The monoisotopic (exact) mass is 628 g/mol. The molecule has 2 heterocycles. The van der Waals surface area contributed by atoms with E-state index >= 15 is 0 Å². The Hall–Kier alpha value is -3.34. The summed E-state index contributed by atoms with van der Waals surface area (Å²) in [4.78, 5) is 59.4. The first-order valence-corrected chi connectivity index (χ1v) is 16.3. The molecule has 0 spiro atoms. The van der Waals surface area contributed by atoms with Crippen molar-refractivity contribution in [2.24, 2.45) is 17.8 Å². The van der Waals surface area contributed by atoms with Gasteiger partial charge >= 0.3 is 6.09 Å². The first kappa shape index (κ1) is 34.5. The van der Waals surface area contributed by atoms with E-state index in [1.807, 2.05) is 18.2 Å². The molecule has 45 heavy (non-hydrogen) atoms. The Balaban J connectivity index is 1.62. The molecule has 2 aliphatic heterocycles. The number of carbonyl (C=O) groups excluding carboxylic acids is 4. The fourth-order valence-corrected chi connectivity index (χ4v) is 5.91. The van der Waals surface area contributed by atoms with Gasteiger partial charge < -0.3 is 34.2 Å². The van der Waals surface area contributed by atoms with Crippen LogP contribution in [0.1, 0.15) is 80.6 Å². The van der Waals surface area contributed by atoms with Crippen LogP contribution in [0.3, 0.4) is 0 Å². The van der Waals surface area contributed by atoms with Crippen LogP contribution in [0.2, 0.25) is 0 Å². The molecule has 4 rings (SSSR count). The number of likely N-dealkylation sites (tertiary alicyclic amines) is 1. The molecule has 11 nitrogen and oxygen atoms in total. The Kier molecular flexibility index (Phi) is 10.7. The number of nitrogens with zero attached hydrogens (tertiary/aromatic N) is 3. The molecule has 4 amide bonds. The Morgan fingerprint density at radius 1 is 1.13 bits per heavy atom.